The maximum atomic E-state index is 12.4. The molecule has 140 valence electrons. The molecule has 0 radical (unpaired) electrons. The molecule has 0 bridgehead atoms. The Kier molecular flexibility index (Phi) is 5.76. The standard InChI is InChI=1S/C20H20ClN3O3/c1-12(22-20(27)16-7-2-3-8-17(16)21)18(25)23-14-5-4-6-15(11-14)24-19(26)13-9-10-13/h2-8,11-13H,9-10H2,1H3,(H,22,27)(H,23,25)(H,24,26). The van der Waals surface area contributed by atoms with Gasteiger partial charge in [-0.2, -0.15) is 0 Å². The monoisotopic (exact) mass is 385 g/mol. The van der Waals surface area contributed by atoms with E-state index in [4.69, 9.17) is 11.6 Å². The third-order valence-corrected chi connectivity index (χ3v) is 4.53. The molecule has 1 atom stereocenters. The van der Waals surface area contributed by atoms with Crippen LogP contribution in [-0.4, -0.2) is 23.8 Å². The molecule has 0 saturated heterocycles. The Morgan fingerprint density at radius 1 is 1.00 bits per heavy atom. The zero-order chi connectivity index (χ0) is 19.4. The SMILES string of the molecule is CC(NC(=O)c1ccccc1Cl)C(=O)Nc1cccc(NC(=O)C2CC2)c1. The molecule has 1 aliphatic carbocycles. The molecule has 2 aromatic carbocycles. The van der Waals surface area contributed by atoms with Gasteiger partial charge >= 0.3 is 0 Å². The van der Waals surface area contributed by atoms with Gasteiger partial charge in [0.1, 0.15) is 6.04 Å². The van der Waals surface area contributed by atoms with Gasteiger partial charge in [-0.1, -0.05) is 29.8 Å². The van der Waals surface area contributed by atoms with E-state index >= 15 is 0 Å². The highest BCUT2D eigenvalue weighted by atomic mass is 35.5. The van der Waals surface area contributed by atoms with Crippen molar-refractivity contribution in [3.05, 3.63) is 59.1 Å². The number of anilines is 2. The number of hydrogen-bond donors (Lipinski definition) is 3. The van der Waals surface area contributed by atoms with Crippen LogP contribution in [0, 0.1) is 5.92 Å². The number of hydrogen-bond acceptors (Lipinski definition) is 3. The van der Waals surface area contributed by atoms with Crippen molar-refractivity contribution in [3.8, 4) is 0 Å². The number of benzene rings is 2. The van der Waals surface area contributed by atoms with Crippen molar-refractivity contribution in [2.75, 3.05) is 10.6 Å². The van der Waals surface area contributed by atoms with Gasteiger partial charge in [0.25, 0.3) is 5.91 Å². The zero-order valence-electron chi connectivity index (χ0n) is 14.8. The van der Waals surface area contributed by atoms with Crippen molar-refractivity contribution in [2.45, 2.75) is 25.8 Å². The van der Waals surface area contributed by atoms with Crippen LogP contribution in [0.4, 0.5) is 11.4 Å². The van der Waals surface area contributed by atoms with Gasteiger partial charge in [-0.05, 0) is 50.1 Å². The van der Waals surface area contributed by atoms with Crippen LogP contribution in [0.5, 0.6) is 0 Å². The minimum Gasteiger partial charge on any atom is -0.340 e. The predicted molar refractivity (Wildman–Crippen MR) is 105 cm³/mol. The van der Waals surface area contributed by atoms with Gasteiger partial charge in [0, 0.05) is 17.3 Å². The largest absolute Gasteiger partial charge is 0.340 e. The van der Waals surface area contributed by atoms with Crippen molar-refractivity contribution in [3.63, 3.8) is 0 Å². The average molecular weight is 386 g/mol. The first-order valence-electron chi connectivity index (χ1n) is 8.71. The fourth-order valence-electron chi connectivity index (χ4n) is 2.50. The summed E-state index contributed by atoms with van der Waals surface area (Å²) in [5.41, 5.74) is 1.47. The molecule has 3 amide bonds. The van der Waals surface area contributed by atoms with Crippen molar-refractivity contribution >= 4 is 40.7 Å². The van der Waals surface area contributed by atoms with E-state index < -0.39 is 11.9 Å². The van der Waals surface area contributed by atoms with Gasteiger partial charge in [-0.25, -0.2) is 0 Å². The summed E-state index contributed by atoms with van der Waals surface area (Å²) < 4.78 is 0. The second-order valence-corrected chi connectivity index (χ2v) is 6.92. The first-order valence-corrected chi connectivity index (χ1v) is 9.09. The van der Waals surface area contributed by atoms with Gasteiger partial charge in [0.2, 0.25) is 11.8 Å². The van der Waals surface area contributed by atoms with Gasteiger partial charge in [-0.3, -0.25) is 14.4 Å². The van der Waals surface area contributed by atoms with E-state index in [9.17, 15) is 14.4 Å². The topological polar surface area (TPSA) is 87.3 Å². The van der Waals surface area contributed by atoms with Crippen LogP contribution in [0.15, 0.2) is 48.5 Å². The van der Waals surface area contributed by atoms with E-state index in [-0.39, 0.29) is 17.7 Å². The van der Waals surface area contributed by atoms with Crippen LogP contribution in [-0.2, 0) is 9.59 Å². The first-order chi connectivity index (χ1) is 12.9. The molecule has 1 unspecified atom stereocenters. The van der Waals surface area contributed by atoms with E-state index in [0.717, 1.165) is 12.8 Å². The number of carbonyl (C=O) groups is 3. The average Bonchev–Trinajstić information content (AvgIpc) is 3.47. The molecule has 3 rings (SSSR count). The molecule has 1 fully saturated rings. The lowest BCUT2D eigenvalue weighted by Crippen LogP contribution is -2.41. The molecule has 7 heteroatoms. The minimum atomic E-state index is -0.765. The molecule has 0 aromatic heterocycles. The molecule has 3 N–H and O–H groups in total. The van der Waals surface area contributed by atoms with Crippen molar-refractivity contribution in [1.29, 1.82) is 0 Å². The number of amides is 3. The summed E-state index contributed by atoms with van der Waals surface area (Å²) in [6, 6.07) is 12.8. The molecule has 0 aliphatic heterocycles. The van der Waals surface area contributed by atoms with Crippen molar-refractivity contribution in [1.82, 2.24) is 5.32 Å². The summed E-state index contributed by atoms with van der Waals surface area (Å²) >= 11 is 6.00. The third-order valence-electron chi connectivity index (χ3n) is 4.21. The van der Waals surface area contributed by atoms with Crippen LogP contribution < -0.4 is 16.0 Å². The highest BCUT2D eigenvalue weighted by Gasteiger charge is 2.29. The fraction of sp³-hybridized carbons (Fsp3) is 0.250. The predicted octanol–water partition coefficient (Wildman–Crippen LogP) is 3.45. The Balaban J connectivity index is 1.58. The van der Waals surface area contributed by atoms with E-state index in [1.54, 1.807) is 55.5 Å². The summed E-state index contributed by atoms with van der Waals surface area (Å²) in [4.78, 5) is 36.5. The molecule has 27 heavy (non-hydrogen) atoms. The number of carbonyl (C=O) groups excluding carboxylic acids is 3. The van der Waals surface area contributed by atoms with Gasteiger partial charge in [0.15, 0.2) is 0 Å². The molecule has 0 heterocycles. The molecular formula is C20H20ClN3O3. The molecule has 6 nitrogen and oxygen atoms in total. The molecule has 1 aliphatic rings. The van der Waals surface area contributed by atoms with Crippen LogP contribution in [0.1, 0.15) is 30.1 Å². The third kappa shape index (κ3) is 5.08. The van der Waals surface area contributed by atoms with Gasteiger partial charge in [0.05, 0.1) is 10.6 Å². The Morgan fingerprint density at radius 2 is 1.67 bits per heavy atom. The maximum Gasteiger partial charge on any atom is 0.253 e. The number of rotatable bonds is 6. The summed E-state index contributed by atoms with van der Waals surface area (Å²) in [7, 11) is 0. The highest BCUT2D eigenvalue weighted by Crippen LogP contribution is 2.30. The van der Waals surface area contributed by atoms with Gasteiger partial charge < -0.3 is 16.0 Å². The molecular weight excluding hydrogens is 366 g/mol. The quantitative estimate of drug-likeness (QED) is 0.711. The van der Waals surface area contributed by atoms with E-state index in [1.165, 1.54) is 0 Å². The maximum absolute atomic E-state index is 12.4. The van der Waals surface area contributed by atoms with E-state index in [1.807, 2.05) is 0 Å². The lowest BCUT2D eigenvalue weighted by Gasteiger charge is -2.15. The van der Waals surface area contributed by atoms with E-state index in [0.29, 0.717) is 22.0 Å². The molecule has 1 saturated carbocycles. The minimum absolute atomic E-state index is 0.00107. The Bertz CT molecular complexity index is 880. The zero-order valence-corrected chi connectivity index (χ0v) is 15.5. The van der Waals surface area contributed by atoms with Crippen LogP contribution in [0.3, 0.4) is 0 Å². The summed E-state index contributed by atoms with van der Waals surface area (Å²) in [5, 5.41) is 8.51. The normalized spacial score (nSPS) is 14.1. The first kappa shape index (κ1) is 18.9. The van der Waals surface area contributed by atoms with E-state index in [2.05, 4.69) is 16.0 Å². The lowest BCUT2D eigenvalue weighted by atomic mass is 10.2. The van der Waals surface area contributed by atoms with Crippen molar-refractivity contribution in [2.24, 2.45) is 5.92 Å². The number of halogens is 1. The smallest absolute Gasteiger partial charge is 0.253 e. The van der Waals surface area contributed by atoms with Crippen LogP contribution in [0.25, 0.3) is 0 Å². The molecule has 0 spiro atoms. The Morgan fingerprint density at radius 3 is 2.33 bits per heavy atom. The van der Waals surface area contributed by atoms with Crippen LogP contribution in [0.2, 0.25) is 5.02 Å². The van der Waals surface area contributed by atoms with Crippen molar-refractivity contribution < 1.29 is 14.4 Å². The fourth-order valence-corrected chi connectivity index (χ4v) is 2.72. The second kappa shape index (κ2) is 8.22. The Labute approximate surface area is 162 Å². The summed E-state index contributed by atoms with van der Waals surface area (Å²) in [6.07, 6.45) is 1.84. The summed E-state index contributed by atoms with van der Waals surface area (Å²) in [6.45, 7) is 1.59. The highest BCUT2D eigenvalue weighted by molar-refractivity contribution is 6.33. The number of nitrogens with one attached hydrogen (secondary N) is 3. The van der Waals surface area contributed by atoms with Crippen LogP contribution >= 0.6 is 11.6 Å². The lowest BCUT2D eigenvalue weighted by molar-refractivity contribution is -0.118. The molecule has 2 aromatic rings. The Hall–Kier alpha value is -2.86. The second-order valence-electron chi connectivity index (χ2n) is 6.51. The summed E-state index contributed by atoms with van der Waals surface area (Å²) in [5.74, 6) is -0.697. The van der Waals surface area contributed by atoms with Gasteiger partial charge in [-0.15, -0.1) is 0 Å².